The molecule has 3 aromatic rings. The van der Waals surface area contributed by atoms with Gasteiger partial charge in [-0.15, -0.1) is 0 Å². The molecule has 0 bridgehead atoms. The van der Waals surface area contributed by atoms with Crippen molar-refractivity contribution in [3.8, 4) is 11.5 Å². The number of piperidine rings is 1. The van der Waals surface area contributed by atoms with E-state index in [0.717, 1.165) is 56.3 Å². The van der Waals surface area contributed by atoms with E-state index < -0.39 is 17.5 Å². The number of carbonyl (C=O) groups is 3. The van der Waals surface area contributed by atoms with Crippen LogP contribution >= 0.6 is 0 Å². The van der Waals surface area contributed by atoms with Crippen LogP contribution in [0.5, 0.6) is 11.5 Å². The van der Waals surface area contributed by atoms with Crippen LogP contribution in [0.15, 0.2) is 97.2 Å². The Hall–Kier alpha value is -5.09. The molecule has 0 radical (unpaired) electrons. The molecule has 1 saturated heterocycles. The third-order valence-electron chi connectivity index (χ3n) is 9.50. The third kappa shape index (κ3) is 9.79. The smallest absolute Gasteiger partial charge is 0.277 e. The first kappa shape index (κ1) is 37.2. The van der Waals surface area contributed by atoms with E-state index >= 15 is 0 Å². The molecule has 10 heteroatoms. The Kier molecular flexibility index (Phi) is 12.9. The number of hydrogen-bond donors (Lipinski definition) is 2. The molecule has 1 fully saturated rings. The summed E-state index contributed by atoms with van der Waals surface area (Å²) in [5.41, 5.74) is 1.28. The topological polar surface area (TPSA) is 103 Å². The van der Waals surface area contributed by atoms with E-state index in [9.17, 15) is 14.4 Å². The van der Waals surface area contributed by atoms with Gasteiger partial charge in [-0.25, -0.2) is 0 Å². The summed E-state index contributed by atoms with van der Waals surface area (Å²) in [6.07, 6.45) is 11.8. The van der Waals surface area contributed by atoms with Gasteiger partial charge in [0.1, 0.15) is 18.1 Å². The summed E-state index contributed by atoms with van der Waals surface area (Å²) in [6, 6.07) is 22.9. The van der Waals surface area contributed by atoms with Gasteiger partial charge >= 0.3 is 0 Å². The number of unbranched alkanes of at least 4 members (excludes halogenated alkanes) is 2. The molecule has 2 aliphatic heterocycles. The number of aryl methyl sites for hydroxylation is 1. The van der Waals surface area contributed by atoms with Crippen molar-refractivity contribution in [2.24, 2.45) is 0 Å². The van der Waals surface area contributed by atoms with Gasteiger partial charge in [0, 0.05) is 32.6 Å². The highest BCUT2D eigenvalue weighted by molar-refractivity contribution is 6.07. The van der Waals surface area contributed by atoms with E-state index in [-0.39, 0.29) is 5.91 Å². The Morgan fingerprint density at radius 2 is 1.63 bits per heavy atom. The Bertz CT molecular complexity index is 1700. The second-order valence-corrected chi connectivity index (χ2v) is 13.5. The highest BCUT2D eigenvalue weighted by Gasteiger charge is 2.41. The Balaban J connectivity index is 1.19. The van der Waals surface area contributed by atoms with E-state index in [1.165, 1.54) is 4.90 Å². The Labute approximate surface area is 302 Å². The molecule has 0 saturated carbocycles. The zero-order chi connectivity index (χ0) is 36.2. The lowest BCUT2D eigenvalue weighted by Crippen LogP contribution is -2.65. The number of dihydropyridines is 1. The molecule has 2 aliphatic rings. The number of para-hydroxylation sites is 1. The van der Waals surface area contributed by atoms with Crippen LogP contribution in [0.3, 0.4) is 0 Å². The maximum atomic E-state index is 14.3. The van der Waals surface area contributed by atoms with Crippen molar-refractivity contribution >= 4 is 23.4 Å². The molecule has 0 aromatic heterocycles. The van der Waals surface area contributed by atoms with Crippen LogP contribution in [0.1, 0.15) is 60.0 Å². The number of likely N-dealkylation sites (N-methyl/N-ethyl adjacent to an activating group) is 1. The first-order valence-corrected chi connectivity index (χ1v) is 17.8. The van der Waals surface area contributed by atoms with Crippen molar-refractivity contribution < 1.29 is 23.9 Å². The maximum absolute atomic E-state index is 14.3. The molecule has 10 nitrogen and oxygen atoms in total. The number of hydrogen-bond acceptors (Lipinski definition) is 7. The number of benzene rings is 3. The number of ether oxygens (including phenoxy) is 2. The highest BCUT2D eigenvalue weighted by atomic mass is 16.5. The molecule has 1 atom stereocenters. The van der Waals surface area contributed by atoms with Crippen LogP contribution in [0.2, 0.25) is 0 Å². The summed E-state index contributed by atoms with van der Waals surface area (Å²) in [7, 11) is 5.88. The fourth-order valence-corrected chi connectivity index (χ4v) is 6.42. The van der Waals surface area contributed by atoms with Crippen molar-refractivity contribution in [3.63, 3.8) is 0 Å². The quantitative estimate of drug-likeness (QED) is 0.193. The summed E-state index contributed by atoms with van der Waals surface area (Å²) < 4.78 is 12.3. The van der Waals surface area contributed by atoms with Gasteiger partial charge in [-0.2, -0.15) is 0 Å². The number of nitrogens with zero attached hydrogens (tertiary/aromatic N) is 3. The lowest BCUT2D eigenvalue weighted by Gasteiger charge is -2.36. The van der Waals surface area contributed by atoms with E-state index in [2.05, 4.69) is 29.6 Å². The van der Waals surface area contributed by atoms with Gasteiger partial charge in [0.05, 0.1) is 17.9 Å². The molecule has 51 heavy (non-hydrogen) atoms. The number of likely N-dealkylation sites (tertiary alicyclic amines) is 1. The lowest BCUT2D eigenvalue weighted by molar-refractivity contribution is -0.132. The fourth-order valence-electron chi connectivity index (χ4n) is 6.42. The van der Waals surface area contributed by atoms with Crippen molar-refractivity contribution in [1.29, 1.82) is 0 Å². The average Bonchev–Trinajstić information content (AvgIpc) is 3.15. The van der Waals surface area contributed by atoms with Gasteiger partial charge < -0.3 is 34.8 Å². The number of rotatable bonds is 15. The zero-order valence-corrected chi connectivity index (χ0v) is 30.3. The first-order chi connectivity index (χ1) is 24.7. The van der Waals surface area contributed by atoms with E-state index in [0.29, 0.717) is 48.4 Å². The first-order valence-electron chi connectivity index (χ1n) is 17.8. The van der Waals surface area contributed by atoms with E-state index in [4.69, 9.17) is 9.47 Å². The van der Waals surface area contributed by atoms with Crippen LogP contribution < -0.4 is 25.0 Å². The minimum Gasteiger partial charge on any atom is -0.491 e. The Morgan fingerprint density at radius 3 is 2.35 bits per heavy atom. The van der Waals surface area contributed by atoms with Crippen LogP contribution in [-0.2, 0) is 16.2 Å². The van der Waals surface area contributed by atoms with Gasteiger partial charge in [0.15, 0.2) is 0 Å². The minimum atomic E-state index is -1.57. The number of carbonyl (C=O) groups excluding carboxylic acids is 3. The van der Waals surface area contributed by atoms with Gasteiger partial charge in [-0.3, -0.25) is 14.4 Å². The number of amides is 3. The zero-order valence-electron chi connectivity index (χ0n) is 30.3. The molecule has 2 N–H and O–H groups in total. The summed E-state index contributed by atoms with van der Waals surface area (Å²) in [4.78, 5) is 46.6. The molecule has 5 rings (SSSR count). The van der Waals surface area contributed by atoms with Crippen LogP contribution in [0.25, 0.3) is 0 Å². The van der Waals surface area contributed by atoms with Crippen molar-refractivity contribution in [3.05, 3.63) is 114 Å². The van der Waals surface area contributed by atoms with Crippen LogP contribution in [-0.4, -0.2) is 80.1 Å². The highest BCUT2D eigenvalue weighted by Crippen LogP contribution is 2.31. The lowest BCUT2D eigenvalue weighted by atomic mass is 10.0. The molecule has 1 unspecified atom stereocenters. The normalized spacial score (nSPS) is 17.2. The molecule has 3 amide bonds. The molecular formula is C41H51N5O5. The number of anilines is 1. The van der Waals surface area contributed by atoms with Crippen molar-refractivity contribution in [1.82, 2.24) is 20.4 Å². The molecule has 270 valence electrons. The molecule has 3 aromatic carbocycles. The SMILES string of the molecule is Cc1ccc(N(C)C(=O)C2(NC(=O)c3ccccc3OCc3ccccc3)C=CC=CN2)c(OCCCCCC(=O)N2CCC(N(C)C)CC2)c1. The maximum Gasteiger partial charge on any atom is 0.277 e. The molecule has 0 aliphatic carbocycles. The molecular weight excluding hydrogens is 642 g/mol. The fraction of sp³-hybridized carbons (Fsp3) is 0.390. The summed E-state index contributed by atoms with van der Waals surface area (Å²) in [5.74, 6) is 0.347. The Morgan fingerprint density at radius 1 is 0.882 bits per heavy atom. The average molecular weight is 694 g/mol. The second-order valence-electron chi connectivity index (χ2n) is 13.5. The largest absolute Gasteiger partial charge is 0.491 e. The summed E-state index contributed by atoms with van der Waals surface area (Å²) in [6.45, 7) is 4.37. The van der Waals surface area contributed by atoms with Crippen LogP contribution in [0.4, 0.5) is 5.69 Å². The third-order valence-corrected chi connectivity index (χ3v) is 9.50. The van der Waals surface area contributed by atoms with Crippen molar-refractivity contribution in [2.75, 3.05) is 45.7 Å². The van der Waals surface area contributed by atoms with Gasteiger partial charge in [-0.1, -0.05) is 54.6 Å². The number of nitrogens with one attached hydrogen (secondary N) is 2. The summed E-state index contributed by atoms with van der Waals surface area (Å²) in [5, 5.41) is 6.03. The molecule has 0 spiro atoms. The van der Waals surface area contributed by atoms with Crippen LogP contribution in [0, 0.1) is 6.92 Å². The van der Waals surface area contributed by atoms with E-state index in [1.807, 2.05) is 66.4 Å². The minimum absolute atomic E-state index is 0.235. The van der Waals surface area contributed by atoms with Gasteiger partial charge in [0.2, 0.25) is 11.6 Å². The predicted molar refractivity (Wildman–Crippen MR) is 201 cm³/mol. The van der Waals surface area contributed by atoms with Crippen molar-refractivity contribution in [2.45, 2.75) is 63.8 Å². The van der Waals surface area contributed by atoms with Gasteiger partial charge in [-0.05, 0) is 107 Å². The summed E-state index contributed by atoms with van der Waals surface area (Å²) >= 11 is 0. The molecule has 2 heterocycles. The standard InChI is InChI=1S/C41H51N5O5/c1-31-20-21-35(37(29-31)50-28-14-6-9-19-38(47)46-26-22-33(23-27-46)44(2)3)45(4)40(49)41(24-12-13-25-42-41)43-39(48)34-17-10-11-18-36(34)51-30-32-15-7-5-8-16-32/h5,7-8,10-13,15-18,20-21,24-25,29,33,42H,6,9,14,19,22-23,26-28,30H2,1-4H3,(H,43,48). The predicted octanol–water partition coefficient (Wildman–Crippen LogP) is 5.83. The van der Waals surface area contributed by atoms with Gasteiger partial charge in [0.25, 0.3) is 11.8 Å². The number of allylic oxidation sites excluding steroid dienone is 2. The van der Waals surface area contributed by atoms with E-state index in [1.54, 1.807) is 49.7 Å². The monoisotopic (exact) mass is 693 g/mol. The second kappa shape index (κ2) is 17.7.